The predicted octanol–water partition coefficient (Wildman–Crippen LogP) is 2.15. The maximum absolute atomic E-state index is 11.8. The number of allylic oxidation sites excluding steroid dienone is 1. The minimum Gasteiger partial charge on any atom is -0.513 e. The van der Waals surface area contributed by atoms with Gasteiger partial charge in [-0.1, -0.05) is 0 Å². The summed E-state index contributed by atoms with van der Waals surface area (Å²) in [7, 11) is 1.46. The number of benzene rings is 1. The van der Waals surface area contributed by atoms with Gasteiger partial charge in [-0.3, -0.25) is 4.79 Å². The van der Waals surface area contributed by atoms with Crippen molar-refractivity contribution in [2.75, 3.05) is 7.11 Å². The molecule has 1 heterocycles. The molecule has 2 rings (SSSR count). The van der Waals surface area contributed by atoms with E-state index in [-0.39, 0.29) is 17.4 Å². The number of hydrogen-bond donors (Lipinski definition) is 1. The number of fused-ring (bicyclic) bond motifs is 1. The maximum Gasteiger partial charge on any atom is 0.347 e. The highest BCUT2D eigenvalue weighted by atomic mass is 16.5. The molecule has 0 aliphatic heterocycles. The first-order valence-corrected chi connectivity index (χ1v) is 5.45. The van der Waals surface area contributed by atoms with Gasteiger partial charge >= 0.3 is 5.63 Å². The minimum atomic E-state index is -1.01. The molecular weight excluding hydrogens is 266 g/mol. The van der Waals surface area contributed by atoms with Gasteiger partial charge in [0.1, 0.15) is 23.2 Å². The van der Waals surface area contributed by atoms with Crippen LogP contribution < -0.4 is 10.4 Å². The van der Waals surface area contributed by atoms with Gasteiger partial charge in [-0.2, -0.15) is 0 Å². The highest BCUT2D eigenvalue weighted by molar-refractivity contribution is 6.09. The van der Waals surface area contributed by atoms with Crippen LogP contribution in [-0.2, 0) is 0 Å². The zero-order valence-corrected chi connectivity index (χ0v) is 10.3. The second kappa shape index (κ2) is 5.35. The number of carbonyl (C=O) groups is 1. The van der Waals surface area contributed by atoms with Crippen molar-refractivity contribution >= 4 is 16.8 Å². The van der Waals surface area contributed by atoms with Crippen molar-refractivity contribution in [3.05, 3.63) is 57.1 Å². The molecule has 0 saturated carbocycles. The van der Waals surface area contributed by atoms with Crippen molar-refractivity contribution in [1.29, 1.82) is 0 Å². The summed E-state index contributed by atoms with van der Waals surface area (Å²) in [4.78, 5) is 33.9. The van der Waals surface area contributed by atoms with E-state index in [1.54, 1.807) is 12.1 Å². The molecule has 0 unspecified atom stereocenters. The van der Waals surface area contributed by atoms with Crippen LogP contribution >= 0.6 is 0 Å². The molecule has 1 aromatic carbocycles. The highest BCUT2D eigenvalue weighted by Crippen LogP contribution is 2.21. The summed E-state index contributed by atoms with van der Waals surface area (Å²) in [5.74, 6) is -0.515. The molecule has 0 spiro atoms. The maximum atomic E-state index is 11.8. The second-order valence-corrected chi connectivity index (χ2v) is 3.79. The molecule has 1 N–H and O–H groups in total. The van der Waals surface area contributed by atoms with E-state index in [0.29, 0.717) is 11.1 Å². The molecule has 102 valence electrons. The molecule has 0 aliphatic carbocycles. The van der Waals surface area contributed by atoms with Gasteiger partial charge in [0.25, 0.3) is 0 Å². The number of Topliss-reactive ketones (excluding diaryl/α,β-unsaturated/α-hetero) is 1. The van der Waals surface area contributed by atoms with E-state index in [1.807, 2.05) is 0 Å². The fourth-order valence-corrected chi connectivity index (χ4v) is 1.64. The third kappa shape index (κ3) is 2.28. The van der Waals surface area contributed by atoms with Gasteiger partial charge in [-0.05, 0) is 23.4 Å². The number of nitrogens with zero attached hydrogens (tertiary/aromatic N) is 1. The van der Waals surface area contributed by atoms with Crippen molar-refractivity contribution < 1.29 is 19.1 Å². The molecule has 0 radical (unpaired) electrons. The molecule has 0 saturated heterocycles. The third-order valence-electron chi connectivity index (χ3n) is 2.64. The Balaban J connectivity index is 2.62. The number of aliphatic hydroxyl groups is 1. The standard InChI is InChI=1S/C13H9NO6/c1-19-8-3-2-7-4-9(12(16)10(6-15)14-18)13(17)20-11(7)5-8/h2-6,15H,1H3. The molecule has 1 aromatic heterocycles. The molecule has 0 fully saturated rings. The van der Waals surface area contributed by atoms with Gasteiger partial charge in [0.05, 0.1) is 7.11 Å². The van der Waals surface area contributed by atoms with Crippen molar-refractivity contribution in [2.24, 2.45) is 5.18 Å². The van der Waals surface area contributed by atoms with Crippen molar-refractivity contribution in [2.45, 2.75) is 0 Å². The van der Waals surface area contributed by atoms with E-state index in [1.165, 1.54) is 19.2 Å². The molecule has 20 heavy (non-hydrogen) atoms. The van der Waals surface area contributed by atoms with Crippen LogP contribution in [0.15, 0.2) is 50.6 Å². The van der Waals surface area contributed by atoms with E-state index >= 15 is 0 Å². The molecule has 0 atom stereocenters. The first kappa shape index (κ1) is 13.5. The zero-order valence-electron chi connectivity index (χ0n) is 10.3. The third-order valence-corrected chi connectivity index (χ3v) is 2.64. The molecule has 0 aliphatic rings. The highest BCUT2D eigenvalue weighted by Gasteiger charge is 2.19. The average molecular weight is 275 g/mol. The Morgan fingerprint density at radius 3 is 2.75 bits per heavy atom. The lowest BCUT2D eigenvalue weighted by Crippen LogP contribution is -2.15. The van der Waals surface area contributed by atoms with Crippen LogP contribution in [0.4, 0.5) is 0 Å². The van der Waals surface area contributed by atoms with Crippen LogP contribution in [0.2, 0.25) is 0 Å². The van der Waals surface area contributed by atoms with Crippen LogP contribution in [-0.4, -0.2) is 18.0 Å². The Bertz CT molecular complexity index is 774. The lowest BCUT2D eigenvalue weighted by Gasteiger charge is -2.03. The van der Waals surface area contributed by atoms with Gasteiger partial charge < -0.3 is 14.3 Å². The molecule has 7 nitrogen and oxygen atoms in total. The average Bonchev–Trinajstić information content (AvgIpc) is 2.47. The predicted molar refractivity (Wildman–Crippen MR) is 69.9 cm³/mol. The van der Waals surface area contributed by atoms with Crippen LogP contribution in [0.25, 0.3) is 11.0 Å². The van der Waals surface area contributed by atoms with Gasteiger partial charge in [-0.25, -0.2) is 4.79 Å². The van der Waals surface area contributed by atoms with E-state index < -0.39 is 17.1 Å². The number of methoxy groups -OCH3 is 1. The molecule has 0 bridgehead atoms. The van der Waals surface area contributed by atoms with E-state index in [0.717, 1.165) is 0 Å². The van der Waals surface area contributed by atoms with Gasteiger partial charge in [-0.15, -0.1) is 4.91 Å². The molecular formula is C13H9NO6. The topological polar surface area (TPSA) is 106 Å². The summed E-state index contributed by atoms with van der Waals surface area (Å²) < 4.78 is 9.97. The van der Waals surface area contributed by atoms with E-state index in [9.17, 15) is 14.5 Å². The number of hydrogen-bond acceptors (Lipinski definition) is 7. The van der Waals surface area contributed by atoms with Crippen LogP contribution in [0.3, 0.4) is 0 Å². The van der Waals surface area contributed by atoms with Crippen molar-refractivity contribution in [3.63, 3.8) is 0 Å². The lowest BCUT2D eigenvalue weighted by molar-refractivity contribution is 0.102. The van der Waals surface area contributed by atoms with Gasteiger partial charge in [0.15, 0.2) is 5.70 Å². The Morgan fingerprint density at radius 1 is 1.40 bits per heavy atom. The summed E-state index contributed by atoms with van der Waals surface area (Å²) in [5.41, 5.74) is -1.86. The number of aliphatic hydroxyl groups excluding tert-OH is 1. The number of carbonyl (C=O) groups excluding carboxylic acids is 1. The summed E-state index contributed by atoms with van der Waals surface area (Å²) in [6.07, 6.45) is 0.243. The first-order valence-electron chi connectivity index (χ1n) is 5.45. The quantitative estimate of drug-likeness (QED) is 0.301. The minimum absolute atomic E-state index is 0.236. The van der Waals surface area contributed by atoms with E-state index in [4.69, 9.17) is 14.3 Å². The largest absolute Gasteiger partial charge is 0.513 e. The zero-order chi connectivity index (χ0) is 14.7. The SMILES string of the molecule is COc1ccc2cc(C(=O)C(=CO)N=O)c(=O)oc2c1. The monoisotopic (exact) mass is 275 g/mol. The van der Waals surface area contributed by atoms with Crippen molar-refractivity contribution in [1.82, 2.24) is 0 Å². The first-order chi connectivity index (χ1) is 9.60. The van der Waals surface area contributed by atoms with Gasteiger partial charge in [0, 0.05) is 11.5 Å². The number of rotatable bonds is 4. The molecule has 2 aromatic rings. The summed E-state index contributed by atoms with van der Waals surface area (Å²) in [6.45, 7) is 0. The Morgan fingerprint density at radius 2 is 2.15 bits per heavy atom. The molecule has 7 heteroatoms. The second-order valence-electron chi connectivity index (χ2n) is 3.79. The van der Waals surface area contributed by atoms with Crippen LogP contribution in [0.1, 0.15) is 10.4 Å². The number of ether oxygens (including phenoxy) is 1. The summed E-state index contributed by atoms with van der Waals surface area (Å²) in [6, 6.07) is 5.96. The van der Waals surface area contributed by atoms with Crippen molar-refractivity contribution in [3.8, 4) is 5.75 Å². The summed E-state index contributed by atoms with van der Waals surface area (Å²) >= 11 is 0. The Labute approximate surface area is 112 Å². The Kier molecular flexibility index (Phi) is 3.60. The normalized spacial score (nSPS) is 11.3. The molecule has 0 amide bonds. The fourth-order valence-electron chi connectivity index (χ4n) is 1.64. The van der Waals surface area contributed by atoms with Crippen LogP contribution in [0.5, 0.6) is 5.75 Å². The van der Waals surface area contributed by atoms with Gasteiger partial charge in [0.2, 0.25) is 5.78 Å². The number of nitroso groups, excluding NO2 is 1. The van der Waals surface area contributed by atoms with E-state index in [2.05, 4.69) is 5.18 Å². The number of ketones is 1. The lowest BCUT2D eigenvalue weighted by atomic mass is 10.1. The van der Waals surface area contributed by atoms with Crippen LogP contribution in [0, 0.1) is 4.91 Å². The Hall–Kier alpha value is -2.96. The fraction of sp³-hybridized carbons (Fsp3) is 0.0769. The summed E-state index contributed by atoms with van der Waals surface area (Å²) in [5, 5.41) is 11.5. The smallest absolute Gasteiger partial charge is 0.347 e.